The molecular weight excluding hydrogens is 538 g/mol. The highest BCUT2D eigenvalue weighted by atomic mass is 79.9. The van der Waals surface area contributed by atoms with Crippen LogP contribution in [0, 0.1) is 5.82 Å². The molecule has 7 heteroatoms. The highest BCUT2D eigenvalue weighted by molar-refractivity contribution is 9.13. The largest absolute Gasteiger partial charge is 0.207 e. The van der Waals surface area contributed by atoms with Gasteiger partial charge in [-0.05, 0) is 66.0 Å². The van der Waals surface area contributed by atoms with Gasteiger partial charge in [0.2, 0.25) is 0 Å². The Morgan fingerprint density at radius 3 is 2.33 bits per heavy atom. The number of rotatable bonds is 2. The van der Waals surface area contributed by atoms with Gasteiger partial charge in [-0.1, -0.05) is 27.5 Å². The van der Waals surface area contributed by atoms with Crippen molar-refractivity contribution in [2.75, 3.05) is 0 Å². The van der Waals surface area contributed by atoms with Gasteiger partial charge in [-0.25, -0.2) is 4.39 Å². The molecule has 0 N–H and O–H groups in total. The van der Waals surface area contributed by atoms with Crippen molar-refractivity contribution in [3.63, 3.8) is 0 Å². The Kier molecular flexibility index (Phi) is 5.34. The summed E-state index contributed by atoms with van der Waals surface area (Å²) in [6, 6.07) is 4.95. The van der Waals surface area contributed by atoms with Gasteiger partial charge < -0.3 is 0 Å². The topological polar surface area (TPSA) is 0 Å². The summed E-state index contributed by atoms with van der Waals surface area (Å²) in [5.41, 5.74) is 0.518. The van der Waals surface area contributed by atoms with E-state index in [0.717, 1.165) is 13.1 Å². The second-order valence-corrected chi connectivity index (χ2v) is 8.85. The van der Waals surface area contributed by atoms with Gasteiger partial charge in [-0.2, -0.15) is 0 Å². The van der Waals surface area contributed by atoms with Crippen LogP contribution in [0.4, 0.5) is 4.39 Å². The van der Waals surface area contributed by atoms with Crippen LogP contribution in [0.25, 0.3) is 0 Å². The smallest absolute Gasteiger partial charge is 0.129 e. The number of halogens is 6. The van der Waals surface area contributed by atoms with Crippen LogP contribution >= 0.6 is 86.7 Å². The van der Waals surface area contributed by atoms with Crippen molar-refractivity contribution in [2.24, 2.45) is 0 Å². The first-order valence-electron chi connectivity index (χ1n) is 4.63. The van der Waals surface area contributed by atoms with Crippen LogP contribution in [0.2, 0.25) is 5.02 Å². The molecule has 0 fully saturated rings. The number of alkyl halides is 1. The van der Waals surface area contributed by atoms with Crippen LogP contribution < -0.4 is 0 Å². The van der Waals surface area contributed by atoms with Gasteiger partial charge in [-0.15, -0.1) is 11.3 Å². The number of hydrogen-bond donors (Lipinski definition) is 0. The molecule has 2 aromatic rings. The minimum atomic E-state index is -0.297. The lowest BCUT2D eigenvalue weighted by Crippen LogP contribution is -1.95. The Labute approximate surface area is 146 Å². The molecule has 2 rings (SSSR count). The first kappa shape index (κ1) is 15.4. The Balaban J connectivity index is 2.45. The van der Waals surface area contributed by atoms with E-state index < -0.39 is 0 Å². The summed E-state index contributed by atoms with van der Waals surface area (Å²) in [5.74, 6) is -0.297. The second-order valence-electron chi connectivity index (χ2n) is 3.42. The maximum absolute atomic E-state index is 13.9. The minimum absolute atomic E-state index is 0.226. The van der Waals surface area contributed by atoms with Crippen LogP contribution in [0.1, 0.15) is 15.3 Å². The summed E-state index contributed by atoms with van der Waals surface area (Å²) in [4.78, 5) is 0.765. The van der Waals surface area contributed by atoms with Crippen molar-refractivity contribution in [1.82, 2.24) is 0 Å². The summed E-state index contributed by atoms with van der Waals surface area (Å²) < 4.78 is 16.4. The fraction of sp³-hybridized carbons (Fsp3) is 0.0909. The maximum Gasteiger partial charge on any atom is 0.129 e. The first-order chi connectivity index (χ1) is 8.40. The van der Waals surface area contributed by atoms with Gasteiger partial charge >= 0.3 is 0 Å². The van der Waals surface area contributed by atoms with Gasteiger partial charge in [0, 0.05) is 19.4 Å². The van der Waals surface area contributed by atoms with Crippen LogP contribution in [-0.4, -0.2) is 0 Å². The lowest BCUT2D eigenvalue weighted by molar-refractivity contribution is 0.613. The monoisotopic (exact) mass is 538 g/mol. The molecule has 1 heterocycles. The molecule has 0 aliphatic carbocycles. The van der Waals surface area contributed by atoms with Crippen molar-refractivity contribution in [1.29, 1.82) is 0 Å². The Morgan fingerprint density at radius 1 is 1.11 bits per heavy atom. The molecule has 1 atom stereocenters. The van der Waals surface area contributed by atoms with Gasteiger partial charge in [-0.3, -0.25) is 0 Å². The average molecular weight is 542 g/mol. The van der Waals surface area contributed by atoms with Gasteiger partial charge in [0.15, 0.2) is 0 Å². The van der Waals surface area contributed by atoms with E-state index in [1.165, 1.54) is 17.4 Å². The molecule has 0 aliphatic heterocycles. The summed E-state index contributed by atoms with van der Waals surface area (Å²) in [6.45, 7) is 0. The van der Waals surface area contributed by atoms with Crippen LogP contribution in [0.3, 0.4) is 0 Å². The molecule has 0 amide bonds. The highest BCUT2D eigenvalue weighted by Crippen LogP contribution is 2.43. The number of benzene rings is 1. The molecule has 0 bridgehead atoms. The predicted molar refractivity (Wildman–Crippen MR) is 89.6 cm³/mol. The molecule has 1 unspecified atom stereocenters. The van der Waals surface area contributed by atoms with E-state index in [1.807, 2.05) is 6.07 Å². The third-order valence-electron chi connectivity index (χ3n) is 2.23. The molecular formula is C11H4Br4ClFS. The zero-order valence-corrected chi connectivity index (χ0v) is 16.4. The van der Waals surface area contributed by atoms with Crippen molar-refractivity contribution < 1.29 is 4.39 Å². The Morgan fingerprint density at radius 2 is 1.78 bits per heavy atom. The SMILES string of the molecule is Fc1cc(Br)c(Cl)cc1C(Br)c1cc(Br)c(Br)s1. The molecule has 1 aromatic heterocycles. The number of thiophene rings is 1. The van der Waals surface area contributed by atoms with Crippen molar-refractivity contribution in [2.45, 2.75) is 4.83 Å². The lowest BCUT2D eigenvalue weighted by Gasteiger charge is -2.10. The van der Waals surface area contributed by atoms with Crippen LogP contribution in [0.5, 0.6) is 0 Å². The van der Waals surface area contributed by atoms with E-state index in [4.69, 9.17) is 11.6 Å². The molecule has 18 heavy (non-hydrogen) atoms. The molecule has 0 saturated heterocycles. The van der Waals surface area contributed by atoms with Gasteiger partial charge in [0.25, 0.3) is 0 Å². The van der Waals surface area contributed by atoms with E-state index in [0.29, 0.717) is 15.1 Å². The van der Waals surface area contributed by atoms with Crippen LogP contribution in [0.15, 0.2) is 30.9 Å². The van der Waals surface area contributed by atoms with Gasteiger partial charge in [0.1, 0.15) is 5.82 Å². The maximum atomic E-state index is 13.9. The summed E-state index contributed by atoms with van der Waals surface area (Å²) in [6.07, 6.45) is 0. The predicted octanol–water partition coefficient (Wildman–Crippen LogP) is 7.31. The molecule has 0 saturated carbocycles. The molecule has 0 aliphatic rings. The molecule has 0 nitrogen and oxygen atoms in total. The minimum Gasteiger partial charge on any atom is -0.207 e. The van der Waals surface area contributed by atoms with E-state index in [-0.39, 0.29) is 10.6 Å². The normalized spacial score (nSPS) is 12.8. The van der Waals surface area contributed by atoms with Crippen LogP contribution in [-0.2, 0) is 0 Å². The fourth-order valence-corrected chi connectivity index (χ4v) is 4.71. The van der Waals surface area contributed by atoms with E-state index in [2.05, 4.69) is 63.7 Å². The summed E-state index contributed by atoms with van der Waals surface area (Å²) in [5, 5.41) is 0.491. The zero-order chi connectivity index (χ0) is 13.4. The molecule has 96 valence electrons. The van der Waals surface area contributed by atoms with Crippen molar-refractivity contribution in [3.05, 3.63) is 52.2 Å². The molecule has 0 radical (unpaired) electrons. The third-order valence-corrected chi connectivity index (χ3v) is 8.03. The Bertz CT molecular complexity index is 579. The Hall–Kier alpha value is 1.06. The highest BCUT2D eigenvalue weighted by Gasteiger charge is 2.19. The first-order valence-corrected chi connectivity index (χ1v) is 9.12. The second kappa shape index (κ2) is 6.22. The quantitative estimate of drug-likeness (QED) is 0.276. The van der Waals surface area contributed by atoms with E-state index in [9.17, 15) is 4.39 Å². The van der Waals surface area contributed by atoms with E-state index in [1.54, 1.807) is 6.07 Å². The molecule has 0 spiro atoms. The lowest BCUT2D eigenvalue weighted by atomic mass is 10.1. The summed E-state index contributed by atoms with van der Waals surface area (Å²) in [7, 11) is 0. The fourth-order valence-electron chi connectivity index (χ4n) is 1.37. The average Bonchev–Trinajstić information content (AvgIpc) is 2.63. The molecule has 1 aromatic carbocycles. The third kappa shape index (κ3) is 3.20. The van der Waals surface area contributed by atoms with E-state index >= 15 is 0 Å². The number of hydrogen-bond acceptors (Lipinski definition) is 1. The van der Waals surface area contributed by atoms with Crippen molar-refractivity contribution >= 4 is 86.7 Å². The zero-order valence-electron chi connectivity index (χ0n) is 8.49. The standard InChI is InChI=1S/C11H4Br4ClFS/c12-5-2-8(17)4(1-7(5)16)10(14)9-3-6(13)11(15)18-9/h1-3,10H. The van der Waals surface area contributed by atoms with Crippen molar-refractivity contribution in [3.8, 4) is 0 Å². The summed E-state index contributed by atoms with van der Waals surface area (Å²) >= 11 is 21.1. The van der Waals surface area contributed by atoms with Gasteiger partial charge in [0.05, 0.1) is 13.6 Å².